The van der Waals surface area contributed by atoms with Crippen LogP contribution in [0, 0.1) is 10.8 Å². The molecule has 0 radical (unpaired) electrons. The van der Waals surface area contributed by atoms with E-state index in [1.165, 1.54) is 0 Å². The Hall–Kier alpha value is -1.85. The number of rotatable bonds is 8. The molecule has 33 heavy (non-hydrogen) atoms. The van der Waals surface area contributed by atoms with Crippen LogP contribution in [-0.4, -0.2) is 35.1 Å². The first kappa shape index (κ1) is 33.3. The molecule has 0 aromatic heterocycles. The fourth-order valence-corrected chi connectivity index (χ4v) is 2.49. The van der Waals surface area contributed by atoms with Gasteiger partial charge in [0.15, 0.2) is 5.78 Å². The van der Waals surface area contributed by atoms with Crippen LogP contribution in [0.2, 0.25) is 0 Å². The maximum atomic E-state index is 12.5. The number of hydrogen-bond donors (Lipinski definition) is 1. The fourth-order valence-electron chi connectivity index (χ4n) is 2.49. The predicted molar refractivity (Wildman–Crippen MR) is 136 cm³/mol. The van der Waals surface area contributed by atoms with Crippen molar-refractivity contribution in [1.82, 2.24) is 5.32 Å². The van der Waals surface area contributed by atoms with Crippen molar-refractivity contribution in [2.75, 3.05) is 0 Å². The molecular weight excluding hydrogens is 418 g/mol. The molecule has 6 nitrogen and oxygen atoms in total. The molecule has 0 aliphatic heterocycles. The number of Topliss-reactive ketones (excluding diaryl/α,β-unsaturated/α-hetero) is 1. The summed E-state index contributed by atoms with van der Waals surface area (Å²) in [7, 11) is 0. The summed E-state index contributed by atoms with van der Waals surface area (Å²) in [5, 5.41) is 2.74. The Labute approximate surface area is 203 Å². The Bertz CT molecular complexity index is 625. The van der Waals surface area contributed by atoms with E-state index in [9.17, 15) is 14.4 Å². The molecule has 6 heteroatoms. The van der Waals surface area contributed by atoms with Crippen LogP contribution >= 0.6 is 0 Å². The van der Waals surface area contributed by atoms with E-state index in [1.54, 1.807) is 0 Å². The molecule has 1 unspecified atom stereocenters. The average molecular weight is 470 g/mol. The van der Waals surface area contributed by atoms with Gasteiger partial charge in [0.25, 0.3) is 0 Å². The molecular formula is C27H51NO5. The quantitative estimate of drug-likeness (QED) is 0.235. The van der Waals surface area contributed by atoms with Crippen LogP contribution in [0.25, 0.3) is 0 Å². The molecule has 194 valence electrons. The van der Waals surface area contributed by atoms with E-state index in [2.05, 4.69) is 11.9 Å². The van der Waals surface area contributed by atoms with Gasteiger partial charge in [0.05, 0.1) is 11.5 Å². The monoisotopic (exact) mass is 469 g/mol. The molecule has 0 rings (SSSR count). The Morgan fingerprint density at radius 1 is 0.758 bits per heavy atom. The summed E-state index contributed by atoms with van der Waals surface area (Å²) in [6.07, 6.45) is 5.99. The number of allylic oxidation sites excluding steroid dienone is 1. The molecule has 0 aromatic rings. The van der Waals surface area contributed by atoms with Crippen LogP contribution in [-0.2, 0) is 19.1 Å². The molecule has 0 saturated carbocycles. The van der Waals surface area contributed by atoms with Gasteiger partial charge in [-0.05, 0) is 81.6 Å². The highest BCUT2D eigenvalue weighted by Crippen LogP contribution is 2.21. The lowest BCUT2D eigenvalue weighted by Crippen LogP contribution is -2.47. The second kappa shape index (κ2) is 13.8. The van der Waals surface area contributed by atoms with E-state index >= 15 is 0 Å². The van der Waals surface area contributed by atoms with Gasteiger partial charge >= 0.3 is 12.1 Å². The highest BCUT2D eigenvalue weighted by atomic mass is 16.6. The Morgan fingerprint density at radius 3 is 1.58 bits per heavy atom. The van der Waals surface area contributed by atoms with Crippen molar-refractivity contribution in [3.63, 3.8) is 0 Å². The van der Waals surface area contributed by atoms with E-state index in [1.807, 2.05) is 89.2 Å². The summed E-state index contributed by atoms with van der Waals surface area (Å²) < 4.78 is 10.4. The zero-order valence-corrected chi connectivity index (χ0v) is 23.4. The van der Waals surface area contributed by atoms with Crippen molar-refractivity contribution >= 4 is 17.8 Å². The summed E-state index contributed by atoms with van der Waals surface area (Å²) in [4.78, 5) is 35.7. The van der Waals surface area contributed by atoms with Crippen LogP contribution in [0.15, 0.2) is 12.7 Å². The van der Waals surface area contributed by atoms with Crippen molar-refractivity contribution in [1.29, 1.82) is 0 Å². The Morgan fingerprint density at radius 2 is 1.24 bits per heavy atom. The SMILES string of the molecule is C=CCCCCCC(NC(=O)OC(C)(C)C)C(=O)C(C)(C)C.CC(C)(C)OC(=O)C(C)(C)C. The smallest absolute Gasteiger partial charge is 0.408 e. The highest BCUT2D eigenvalue weighted by Gasteiger charge is 2.31. The molecule has 1 amide bonds. The third kappa shape index (κ3) is 19.3. The fraction of sp³-hybridized carbons (Fsp3) is 0.815. The van der Waals surface area contributed by atoms with Crippen LogP contribution in [0.5, 0.6) is 0 Å². The van der Waals surface area contributed by atoms with E-state index in [0.29, 0.717) is 6.42 Å². The van der Waals surface area contributed by atoms with Crippen molar-refractivity contribution in [3.8, 4) is 0 Å². The average Bonchev–Trinajstić information content (AvgIpc) is 2.55. The normalized spacial score (nSPS) is 13.2. The summed E-state index contributed by atoms with van der Waals surface area (Å²) in [6.45, 7) is 25.9. The summed E-state index contributed by atoms with van der Waals surface area (Å²) in [5.41, 5.74) is -1.82. The summed E-state index contributed by atoms with van der Waals surface area (Å²) >= 11 is 0. The van der Waals surface area contributed by atoms with Gasteiger partial charge in [-0.25, -0.2) is 4.79 Å². The highest BCUT2D eigenvalue weighted by molar-refractivity contribution is 5.91. The van der Waals surface area contributed by atoms with E-state index in [4.69, 9.17) is 9.47 Å². The summed E-state index contributed by atoms with van der Waals surface area (Å²) in [5.74, 6) is -0.105. The van der Waals surface area contributed by atoms with Gasteiger partial charge in [0.2, 0.25) is 0 Å². The number of esters is 1. The van der Waals surface area contributed by atoms with Crippen LogP contribution in [0.4, 0.5) is 4.79 Å². The molecule has 0 heterocycles. The van der Waals surface area contributed by atoms with Crippen LogP contribution in [0.1, 0.15) is 115 Å². The molecule has 0 spiro atoms. The second-order valence-electron chi connectivity index (χ2n) is 12.5. The number of carbonyl (C=O) groups excluding carboxylic acids is 3. The van der Waals surface area contributed by atoms with Crippen molar-refractivity contribution in [3.05, 3.63) is 12.7 Å². The molecule has 0 aromatic carbocycles. The molecule has 0 aliphatic carbocycles. The second-order valence-corrected chi connectivity index (χ2v) is 12.5. The number of alkyl carbamates (subject to hydrolysis) is 1. The van der Waals surface area contributed by atoms with E-state index < -0.39 is 28.6 Å². The molecule has 0 bridgehead atoms. The maximum Gasteiger partial charge on any atom is 0.408 e. The molecule has 0 aliphatic rings. The number of unbranched alkanes of at least 4 members (excludes halogenated alkanes) is 3. The van der Waals surface area contributed by atoms with Crippen molar-refractivity contribution in [2.45, 2.75) is 132 Å². The van der Waals surface area contributed by atoms with Gasteiger partial charge in [-0.15, -0.1) is 6.58 Å². The number of nitrogens with one attached hydrogen (secondary N) is 1. The minimum Gasteiger partial charge on any atom is -0.460 e. The van der Waals surface area contributed by atoms with Gasteiger partial charge in [0, 0.05) is 5.41 Å². The van der Waals surface area contributed by atoms with Crippen LogP contribution in [0.3, 0.4) is 0 Å². The van der Waals surface area contributed by atoms with Gasteiger partial charge in [0.1, 0.15) is 11.2 Å². The van der Waals surface area contributed by atoms with Crippen molar-refractivity contribution < 1.29 is 23.9 Å². The van der Waals surface area contributed by atoms with Gasteiger partial charge in [-0.2, -0.15) is 0 Å². The topological polar surface area (TPSA) is 81.7 Å². The molecule has 0 saturated heterocycles. The number of ether oxygens (including phenoxy) is 2. The Balaban J connectivity index is 0. The standard InChI is InChI=1S/C18H33NO3.C9H18O2/c1-8-9-10-11-12-13-14(15(20)17(2,3)4)19-16(21)22-18(5,6)7;1-8(2,3)7(10)11-9(4,5)6/h8,14H,1,9-13H2,2-7H3,(H,19,21);1-6H3. The van der Waals surface area contributed by atoms with Gasteiger partial charge in [-0.1, -0.05) is 39.7 Å². The third-order valence-corrected chi connectivity index (χ3v) is 4.16. The zero-order valence-electron chi connectivity index (χ0n) is 23.4. The van der Waals surface area contributed by atoms with Crippen molar-refractivity contribution in [2.24, 2.45) is 10.8 Å². The van der Waals surface area contributed by atoms with E-state index in [-0.39, 0.29) is 17.4 Å². The first-order valence-electron chi connectivity index (χ1n) is 12.0. The minimum atomic E-state index is -0.566. The number of carbonyl (C=O) groups is 3. The predicted octanol–water partition coefficient (Wildman–Crippen LogP) is 7.01. The first-order chi connectivity index (χ1) is 14.6. The van der Waals surface area contributed by atoms with E-state index in [0.717, 1.165) is 25.7 Å². The summed E-state index contributed by atoms with van der Waals surface area (Å²) in [6, 6.07) is -0.487. The third-order valence-electron chi connectivity index (χ3n) is 4.16. The number of ketones is 1. The molecule has 1 atom stereocenters. The zero-order chi connectivity index (χ0) is 26.7. The number of hydrogen-bond acceptors (Lipinski definition) is 5. The number of amides is 1. The minimum absolute atomic E-state index is 0.0436. The van der Waals surface area contributed by atoms with Gasteiger partial charge in [-0.3, -0.25) is 9.59 Å². The molecule has 0 fully saturated rings. The lowest BCUT2D eigenvalue weighted by atomic mass is 9.84. The van der Waals surface area contributed by atoms with Gasteiger partial charge < -0.3 is 14.8 Å². The maximum absolute atomic E-state index is 12.5. The Kier molecular flexibility index (Phi) is 13.9. The van der Waals surface area contributed by atoms with Crippen LogP contribution < -0.4 is 5.32 Å². The molecule has 1 N–H and O–H groups in total. The lowest BCUT2D eigenvalue weighted by molar-refractivity contribution is -0.164. The largest absolute Gasteiger partial charge is 0.460 e. The first-order valence-corrected chi connectivity index (χ1v) is 12.0. The lowest BCUT2D eigenvalue weighted by Gasteiger charge is -2.27.